The van der Waals surface area contributed by atoms with Crippen LogP contribution in [0, 0.1) is 35.0 Å². The quantitative estimate of drug-likeness (QED) is 0.353. The predicted octanol–water partition coefficient (Wildman–Crippen LogP) is 7.90. The number of unbranched alkanes of at least 4 members (excludes halogenated alkanes) is 1. The van der Waals surface area contributed by atoms with Crippen molar-refractivity contribution in [2.45, 2.75) is 103 Å². The van der Waals surface area contributed by atoms with Crippen molar-refractivity contribution in [1.29, 1.82) is 5.26 Å². The van der Waals surface area contributed by atoms with Gasteiger partial charge in [-0.25, -0.2) is 0 Å². The molecule has 2 aliphatic rings. The summed E-state index contributed by atoms with van der Waals surface area (Å²) in [6, 6.07) is 8.46. The average molecular weight is 504 g/mol. The Morgan fingerprint density at radius 1 is 1.03 bits per heavy atom. The lowest BCUT2D eigenvalue weighted by Crippen LogP contribution is -2.25. The Morgan fingerprint density at radius 3 is 2.41 bits per heavy atom. The smallest absolute Gasteiger partial charge is 0.227 e. The number of nitriles is 1. The molecule has 1 heterocycles. The highest BCUT2D eigenvalue weighted by Crippen LogP contribution is 2.40. The van der Waals surface area contributed by atoms with Crippen LogP contribution in [0.4, 0.5) is 5.69 Å². The van der Waals surface area contributed by atoms with Crippen molar-refractivity contribution < 1.29 is 9.59 Å². The van der Waals surface area contributed by atoms with Gasteiger partial charge in [-0.2, -0.15) is 5.26 Å². The third-order valence-electron chi connectivity index (χ3n) is 9.32. The van der Waals surface area contributed by atoms with Crippen molar-refractivity contribution in [2.75, 3.05) is 5.32 Å². The minimum absolute atomic E-state index is 0.0421. The number of hydrogen-bond acceptors (Lipinski definition) is 3. The Hall–Kier alpha value is -2.61. The summed E-state index contributed by atoms with van der Waals surface area (Å²) in [6.45, 7) is 4.08. The van der Waals surface area contributed by atoms with E-state index in [1.54, 1.807) is 0 Å². The first kappa shape index (κ1) is 27.4. The summed E-state index contributed by atoms with van der Waals surface area (Å²) < 4.78 is 2.20. The van der Waals surface area contributed by atoms with Gasteiger partial charge in [0, 0.05) is 54.0 Å². The first-order valence-electron chi connectivity index (χ1n) is 14.7. The van der Waals surface area contributed by atoms with Crippen molar-refractivity contribution in [3.05, 3.63) is 30.0 Å². The van der Waals surface area contributed by atoms with E-state index in [0.717, 1.165) is 63.5 Å². The second-order valence-electron chi connectivity index (χ2n) is 11.9. The summed E-state index contributed by atoms with van der Waals surface area (Å²) in [4.78, 5) is 26.2. The number of benzene rings is 1. The number of nitrogens with one attached hydrogen (secondary N) is 1. The van der Waals surface area contributed by atoms with Gasteiger partial charge in [-0.3, -0.25) is 9.59 Å². The van der Waals surface area contributed by atoms with Gasteiger partial charge in [-0.1, -0.05) is 39.5 Å². The van der Waals surface area contributed by atoms with E-state index < -0.39 is 0 Å². The fraction of sp³-hybridized carbons (Fsp3) is 0.656. The average Bonchev–Trinajstić information content (AvgIpc) is 3.52. The topological polar surface area (TPSA) is 74.9 Å². The van der Waals surface area contributed by atoms with Gasteiger partial charge in [0.05, 0.1) is 6.07 Å². The number of rotatable bonds is 9. The van der Waals surface area contributed by atoms with Crippen molar-refractivity contribution in [3.8, 4) is 6.07 Å². The van der Waals surface area contributed by atoms with Gasteiger partial charge in [0.1, 0.15) is 5.78 Å². The van der Waals surface area contributed by atoms with Crippen LogP contribution in [0.3, 0.4) is 0 Å². The number of hydrogen-bond donors (Lipinski definition) is 1. The molecule has 2 saturated carbocycles. The molecule has 1 amide bonds. The number of anilines is 1. The van der Waals surface area contributed by atoms with Gasteiger partial charge >= 0.3 is 0 Å². The summed E-state index contributed by atoms with van der Waals surface area (Å²) in [6.07, 6.45) is 15.8. The number of amides is 1. The molecular weight excluding hydrogens is 458 g/mol. The van der Waals surface area contributed by atoms with Gasteiger partial charge in [-0.05, 0) is 87.0 Å². The van der Waals surface area contributed by atoms with Crippen LogP contribution in [0.1, 0.15) is 109 Å². The van der Waals surface area contributed by atoms with E-state index >= 15 is 0 Å². The maximum absolute atomic E-state index is 13.2. The minimum atomic E-state index is -0.107. The molecule has 5 nitrogen and oxygen atoms in total. The molecule has 4 rings (SSSR count). The molecule has 2 fully saturated rings. The number of carbonyl (C=O) groups excluding carboxylic acids is 2. The van der Waals surface area contributed by atoms with E-state index in [4.69, 9.17) is 5.26 Å². The molecule has 1 N–H and O–H groups in total. The molecule has 2 aliphatic carbocycles. The molecule has 5 heteroatoms. The van der Waals surface area contributed by atoms with Crippen LogP contribution in [-0.4, -0.2) is 16.3 Å². The molecule has 37 heavy (non-hydrogen) atoms. The van der Waals surface area contributed by atoms with Gasteiger partial charge in [0.2, 0.25) is 5.91 Å². The highest BCUT2D eigenvalue weighted by atomic mass is 16.2. The summed E-state index contributed by atoms with van der Waals surface area (Å²) >= 11 is 0. The third kappa shape index (κ3) is 6.64. The third-order valence-corrected chi connectivity index (χ3v) is 9.32. The van der Waals surface area contributed by atoms with Crippen LogP contribution < -0.4 is 5.32 Å². The molecule has 0 radical (unpaired) electrons. The number of ketones is 1. The molecule has 0 bridgehead atoms. The van der Waals surface area contributed by atoms with Gasteiger partial charge in [0.15, 0.2) is 0 Å². The molecule has 4 unspecified atom stereocenters. The summed E-state index contributed by atoms with van der Waals surface area (Å²) in [7, 11) is 2.10. The van der Waals surface area contributed by atoms with E-state index in [1.807, 2.05) is 13.0 Å². The summed E-state index contributed by atoms with van der Waals surface area (Å²) in [5.74, 6) is 1.74. The summed E-state index contributed by atoms with van der Waals surface area (Å²) in [5, 5.41) is 13.2. The molecule has 1 aromatic heterocycles. The Morgan fingerprint density at radius 2 is 1.70 bits per heavy atom. The zero-order valence-corrected chi connectivity index (χ0v) is 23.1. The van der Waals surface area contributed by atoms with Gasteiger partial charge in [-0.15, -0.1) is 0 Å². The predicted molar refractivity (Wildman–Crippen MR) is 150 cm³/mol. The first-order valence-corrected chi connectivity index (χ1v) is 14.7. The highest BCUT2D eigenvalue weighted by Gasteiger charge is 2.31. The first-order chi connectivity index (χ1) is 17.9. The molecule has 200 valence electrons. The van der Waals surface area contributed by atoms with Crippen LogP contribution in [0.25, 0.3) is 10.9 Å². The van der Waals surface area contributed by atoms with Crippen molar-refractivity contribution in [2.24, 2.45) is 30.7 Å². The lowest BCUT2D eigenvalue weighted by atomic mass is 9.78. The molecule has 1 aromatic carbocycles. The Labute approximate surface area is 223 Å². The zero-order valence-electron chi connectivity index (χ0n) is 23.1. The van der Waals surface area contributed by atoms with E-state index in [0.29, 0.717) is 24.0 Å². The van der Waals surface area contributed by atoms with E-state index in [9.17, 15) is 9.59 Å². The molecule has 0 aliphatic heterocycles. The zero-order chi connectivity index (χ0) is 26.4. The van der Waals surface area contributed by atoms with E-state index in [2.05, 4.69) is 48.3 Å². The summed E-state index contributed by atoms with van der Waals surface area (Å²) in [5.41, 5.74) is 3.40. The number of aromatic nitrogens is 1. The molecule has 2 aromatic rings. The number of aryl methyl sites for hydroxylation is 1. The second-order valence-corrected chi connectivity index (χ2v) is 11.9. The monoisotopic (exact) mass is 503 g/mol. The molecule has 4 atom stereocenters. The van der Waals surface area contributed by atoms with E-state index in [1.165, 1.54) is 35.7 Å². The number of fused-ring (bicyclic) bond motifs is 1. The van der Waals surface area contributed by atoms with Crippen molar-refractivity contribution in [3.63, 3.8) is 0 Å². The Kier molecular flexibility index (Phi) is 9.46. The molecular formula is C32H45N3O2. The fourth-order valence-corrected chi connectivity index (χ4v) is 6.70. The SMILES string of the molecule is CC(CCCC#N)C(C)C(=O)Nc1ccc2c(c1)c(C1CCCCC(C(=O)C3CCCC3)CC1)cn2C. The largest absolute Gasteiger partial charge is 0.350 e. The standard InChI is InChI=1S/C32H45N3O2/c1-22(10-8-9-19-33)23(2)32(37)34-27-17-18-30-28(20-27)29(21-35(30)3)24-11-4-5-14-26(16-15-24)31(36)25-12-6-7-13-25/h17-18,20-26H,4-16H2,1-3H3,(H,34,37). The van der Waals surface area contributed by atoms with Crippen LogP contribution in [0.2, 0.25) is 0 Å². The lowest BCUT2D eigenvalue weighted by molar-refractivity contribution is -0.127. The minimum Gasteiger partial charge on any atom is -0.350 e. The number of nitrogens with zero attached hydrogens (tertiary/aromatic N) is 2. The second kappa shape index (κ2) is 12.8. The normalized spacial score (nSPS) is 22.6. The van der Waals surface area contributed by atoms with Crippen LogP contribution >= 0.6 is 0 Å². The maximum atomic E-state index is 13.2. The maximum Gasteiger partial charge on any atom is 0.227 e. The molecule has 0 saturated heterocycles. The van der Waals surface area contributed by atoms with E-state index in [-0.39, 0.29) is 23.7 Å². The van der Waals surface area contributed by atoms with Crippen molar-refractivity contribution in [1.82, 2.24) is 4.57 Å². The van der Waals surface area contributed by atoms with Gasteiger partial charge < -0.3 is 9.88 Å². The van der Waals surface area contributed by atoms with Crippen molar-refractivity contribution >= 4 is 28.3 Å². The van der Waals surface area contributed by atoms with Crippen LogP contribution in [0.15, 0.2) is 24.4 Å². The Bertz CT molecular complexity index is 1120. The van der Waals surface area contributed by atoms with Crippen LogP contribution in [-0.2, 0) is 16.6 Å². The number of Topliss-reactive ketones (excluding diaryl/α,β-unsaturated/α-hetero) is 1. The highest BCUT2D eigenvalue weighted by molar-refractivity contribution is 5.96. The fourth-order valence-electron chi connectivity index (χ4n) is 6.70. The van der Waals surface area contributed by atoms with Crippen LogP contribution in [0.5, 0.6) is 0 Å². The Balaban J connectivity index is 1.47. The lowest BCUT2D eigenvalue weighted by Gasteiger charge is -2.26. The molecule has 0 spiro atoms. The number of carbonyl (C=O) groups is 2. The van der Waals surface area contributed by atoms with Gasteiger partial charge in [0.25, 0.3) is 0 Å².